The molecule has 11 nitrogen and oxygen atoms in total. The highest BCUT2D eigenvalue weighted by Crippen LogP contribution is 2.30. The highest BCUT2D eigenvalue weighted by Gasteiger charge is 2.21. The lowest BCUT2D eigenvalue weighted by atomic mass is 10.1. The van der Waals surface area contributed by atoms with Gasteiger partial charge in [-0.3, -0.25) is 24.5 Å². The van der Waals surface area contributed by atoms with Crippen LogP contribution in [0.5, 0.6) is 0 Å². The summed E-state index contributed by atoms with van der Waals surface area (Å²) in [5.74, 6) is -2.90. The fourth-order valence-corrected chi connectivity index (χ4v) is 5.41. The third kappa shape index (κ3) is 8.80. The number of carboxylic acid groups (broad SMARTS) is 1. The zero-order valence-corrected chi connectivity index (χ0v) is 25.8. The zero-order valence-electron chi connectivity index (χ0n) is 24.2. The van der Waals surface area contributed by atoms with Crippen LogP contribution in [0.15, 0.2) is 108 Å². The van der Waals surface area contributed by atoms with Gasteiger partial charge in [-0.05, 0) is 67.1 Å². The van der Waals surface area contributed by atoms with Crippen LogP contribution in [0.2, 0.25) is 5.02 Å². The number of para-hydroxylation sites is 1. The van der Waals surface area contributed by atoms with Crippen LogP contribution in [0, 0.1) is 10.1 Å². The zero-order chi connectivity index (χ0) is 33.2. The number of thioether (sulfide) groups is 1. The van der Waals surface area contributed by atoms with Gasteiger partial charge in [0, 0.05) is 27.9 Å². The molecule has 0 saturated carbocycles. The molecule has 46 heavy (non-hydrogen) atoms. The number of nitro groups is 1. The Bertz CT molecular complexity index is 1830. The minimum Gasteiger partial charge on any atom is -0.478 e. The highest BCUT2D eigenvalue weighted by molar-refractivity contribution is 8.00. The van der Waals surface area contributed by atoms with Gasteiger partial charge in [-0.15, -0.1) is 11.8 Å². The predicted molar refractivity (Wildman–Crippen MR) is 177 cm³/mol. The van der Waals surface area contributed by atoms with E-state index in [-0.39, 0.29) is 44.7 Å². The number of amides is 3. The number of carboxylic acids is 1. The Morgan fingerprint density at radius 1 is 0.913 bits per heavy atom. The first-order valence-electron chi connectivity index (χ1n) is 13.8. The molecule has 0 heterocycles. The topological polar surface area (TPSA) is 168 Å². The van der Waals surface area contributed by atoms with E-state index < -0.39 is 28.0 Å². The molecule has 0 aromatic heterocycles. The number of nitrogens with one attached hydrogen (secondary N) is 3. The van der Waals surface area contributed by atoms with Crippen LogP contribution in [0.25, 0.3) is 6.08 Å². The van der Waals surface area contributed by atoms with Gasteiger partial charge in [0.1, 0.15) is 5.70 Å². The van der Waals surface area contributed by atoms with Crippen molar-refractivity contribution in [3.63, 3.8) is 0 Å². The van der Waals surface area contributed by atoms with E-state index >= 15 is 0 Å². The molecule has 4 aromatic rings. The van der Waals surface area contributed by atoms with Gasteiger partial charge in [0.25, 0.3) is 17.5 Å². The Balaban J connectivity index is 1.54. The molecule has 1 unspecified atom stereocenters. The Morgan fingerprint density at radius 3 is 2.30 bits per heavy atom. The van der Waals surface area contributed by atoms with Crippen molar-refractivity contribution >= 4 is 70.2 Å². The largest absolute Gasteiger partial charge is 0.478 e. The maximum Gasteiger partial charge on any atom is 0.337 e. The van der Waals surface area contributed by atoms with Crippen LogP contribution in [-0.2, 0) is 9.59 Å². The van der Waals surface area contributed by atoms with Gasteiger partial charge in [-0.1, -0.05) is 54.9 Å². The van der Waals surface area contributed by atoms with Gasteiger partial charge in [0.05, 0.1) is 26.3 Å². The fraction of sp³-hybridized carbons (Fsp3) is 0.0909. The molecule has 0 radical (unpaired) electrons. The summed E-state index contributed by atoms with van der Waals surface area (Å²) in [4.78, 5) is 62.5. The van der Waals surface area contributed by atoms with Crippen LogP contribution < -0.4 is 16.0 Å². The summed E-state index contributed by atoms with van der Waals surface area (Å²) >= 11 is 7.16. The van der Waals surface area contributed by atoms with Crippen molar-refractivity contribution in [2.75, 3.05) is 10.6 Å². The molecule has 4 N–H and O–H groups in total. The highest BCUT2D eigenvalue weighted by atomic mass is 35.5. The van der Waals surface area contributed by atoms with Crippen molar-refractivity contribution in [2.45, 2.75) is 23.5 Å². The molecule has 0 bridgehead atoms. The molecule has 1 atom stereocenters. The summed E-state index contributed by atoms with van der Waals surface area (Å²) in [6, 6.07) is 24.9. The smallest absolute Gasteiger partial charge is 0.337 e. The molecule has 4 rings (SSSR count). The van der Waals surface area contributed by atoms with E-state index in [1.807, 2.05) is 6.92 Å². The van der Waals surface area contributed by atoms with Gasteiger partial charge in [0.2, 0.25) is 5.91 Å². The number of anilines is 2. The molecule has 13 heteroatoms. The van der Waals surface area contributed by atoms with Crippen LogP contribution in [0.4, 0.5) is 17.1 Å². The number of nitrogens with zero attached hydrogens (tertiary/aromatic N) is 1. The second-order valence-corrected chi connectivity index (χ2v) is 11.4. The Labute approximate surface area is 272 Å². The molecule has 0 fully saturated rings. The Morgan fingerprint density at radius 2 is 1.61 bits per heavy atom. The summed E-state index contributed by atoms with van der Waals surface area (Å²) < 4.78 is 0. The second kappa shape index (κ2) is 15.5. The summed E-state index contributed by atoms with van der Waals surface area (Å²) in [6.45, 7) is 1.82. The average Bonchev–Trinajstić information content (AvgIpc) is 3.04. The first-order chi connectivity index (χ1) is 22.0. The Hall–Kier alpha value is -5.46. The van der Waals surface area contributed by atoms with Crippen LogP contribution >= 0.6 is 23.4 Å². The third-order valence-corrected chi connectivity index (χ3v) is 8.15. The van der Waals surface area contributed by atoms with E-state index in [1.54, 1.807) is 60.7 Å². The lowest BCUT2D eigenvalue weighted by Crippen LogP contribution is -2.30. The fourth-order valence-electron chi connectivity index (χ4n) is 4.20. The maximum absolute atomic E-state index is 13.5. The summed E-state index contributed by atoms with van der Waals surface area (Å²) in [6.07, 6.45) is 1.66. The van der Waals surface area contributed by atoms with E-state index in [1.165, 1.54) is 54.2 Å². The van der Waals surface area contributed by atoms with Crippen molar-refractivity contribution in [1.82, 2.24) is 5.32 Å². The van der Waals surface area contributed by atoms with Gasteiger partial charge in [0.15, 0.2) is 0 Å². The summed E-state index contributed by atoms with van der Waals surface area (Å²) in [5, 5.41) is 28.4. The molecular weight excluding hydrogens is 632 g/mol. The maximum atomic E-state index is 13.5. The predicted octanol–water partition coefficient (Wildman–Crippen LogP) is 6.87. The number of aromatic carboxylic acids is 1. The van der Waals surface area contributed by atoms with Crippen molar-refractivity contribution in [2.24, 2.45) is 0 Å². The van der Waals surface area contributed by atoms with Gasteiger partial charge in [-0.25, -0.2) is 4.79 Å². The minimum atomic E-state index is -1.22. The number of rotatable bonds is 12. The van der Waals surface area contributed by atoms with Crippen molar-refractivity contribution < 1.29 is 29.2 Å². The molecule has 4 aromatic carbocycles. The summed E-state index contributed by atoms with van der Waals surface area (Å²) in [7, 11) is 0. The Kier molecular flexibility index (Phi) is 11.3. The lowest BCUT2D eigenvalue weighted by Gasteiger charge is -2.16. The normalized spacial score (nSPS) is 11.7. The molecule has 0 aliphatic rings. The second-order valence-electron chi connectivity index (χ2n) is 9.68. The first-order valence-corrected chi connectivity index (χ1v) is 15.0. The molecule has 0 aliphatic carbocycles. The van der Waals surface area contributed by atoms with Crippen molar-refractivity contribution in [3.05, 3.63) is 135 Å². The monoisotopic (exact) mass is 658 g/mol. The van der Waals surface area contributed by atoms with Gasteiger partial charge < -0.3 is 21.1 Å². The van der Waals surface area contributed by atoms with Crippen LogP contribution in [-0.4, -0.2) is 39.0 Å². The SMILES string of the molecule is CCC(Sc1cccc(NC(=O)/C(=C\c2ccccc2[N+](=O)[O-])NC(=O)c2ccccc2)c1)C(=O)Nc1ccc(Cl)c(C(=O)O)c1. The number of halogens is 1. The van der Waals surface area contributed by atoms with E-state index in [0.717, 1.165) is 0 Å². The number of carbonyl (C=O) groups excluding carboxylic acids is 3. The van der Waals surface area contributed by atoms with Gasteiger partial charge >= 0.3 is 5.97 Å². The average molecular weight is 659 g/mol. The summed E-state index contributed by atoms with van der Waals surface area (Å²) in [5.41, 5.74) is 0.405. The van der Waals surface area contributed by atoms with E-state index in [9.17, 15) is 34.4 Å². The van der Waals surface area contributed by atoms with Crippen molar-refractivity contribution in [1.29, 1.82) is 0 Å². The number of hydrogen-bond donors (Lipinski definition) is 4. The molecule has 0 aliphatic heterocycles. The molecular formula is C33H27ClN4O7S. The van der Waals surface area contributed by atoms with E-state index in [2.05, 4.69) is 16.0 Å². The quantitative estimate of drug-likeness (QED) is 0.0554. The molecule has 3 amide bonds. The molecule has 0 spiro atoms. The molecule has 0 saturated heterocycles. The third-order valence-electron chi connectivity index (χ3n) is 6.46. The number of benzene rings is 4. The van der Waals surface area contributed by atoms with Crippen LogP contribution in [0.1, 0.15) is 39.6 Å². The van der Waals surface area contributed by atoms with E-state index in [4.69, 9.17) is 11.6 Å². The number of carbonyl (C=O) groups is 4. The standard InChI is InChI=1S/C33H27ClN4O7S/c1-2-29(32(41)36-23-15-16-26(34)25(19-23)33(42)43)46-24-13-8-12-22(18-24)35-31(40)27(37-30(39)20-9-4-3-5-10-20)17-21-11-6-7-14-28(21)38(44)45/h3-19,29H,2H2,1H3,(H,35,40)(H,36,41)(H,37,39)(H,42,43)/b27-17+. The van der Waals surface area contributed by atoms with Crippen molar-refractivity contribution in [3.8, 4) is 0 Å². The molecule has 234 valence electrons. The first kappa shape index (κ1) is 33.4. The lowest BCUT2D eigenvalue weighted by molar-refractivity contribution is -0.385. The minimum absolute atomic E-state index is 0.0467. The van der Waals surface area contributed by atoms with Gasteiger partial charge in [-0.2, -0.15) is 0 Å². The number of nitro benzene ring substituents is 1. The van der Waals surface area contributed by atoms with E-state index in [0.29, 0.717) is 17.0 Å². The van der Waals surface area contributed by atoms with Crippen LogP contribution in [0.3, 0.4) is 0 Å². The number of hydrogen-bond acceptors (Lipinski definition) is 7.